The summed E-state index contributed by atoms with van der Waals surface area (Å²) in [6.45, 7) is 2.03. The smallest absolute Gasteiger partial charge is 0.265 e. The van der Waals surface area contributed by atoms with E-state index in [1.165, 1.54) is 32.1 Å². The molecule has 0 unspecified atom stereocenters. The molecule has 2 aromatic heterocycles. The van der Waals surface area contributed by atoms with E-state index in [4.69, 9.17) is 5.10 Å². The molecule has 25 heavy (non-hydrogen) atoms. The van der Waals surface area contributed by atoms with Crippen molar-refractivity contribution in [1.82, 2.24) is 9.78 Å². The molecule has 1 saturated carbocycles. The van der Waals surface area contributed by atoms with Gasteiger partial charge in [0.1, 0.15) is 4.83 Å². The van der Waals surface area contributed by atoms with Gasteiger partial charge in [0, 0.05) is 16.0 Å². The number of nitrogens with zero attached hydrogens (tertiary/aromatic N) is 2. The number of thiophene rings is 1. The Morgan fingerprint density at radius 2 is 1.96 bits per heavy atom. The second-order valence-corrected chi connectivity index (χ2v) is 8.20. The largest absolute Gasteiger partial charge is 0.321 e. The summed E-state index contributed by atoms with van der Waals surface area (Å²) in [6.07, 6.45) is 6.23. The number of thiol groups is 1. The van der Waals surface area contributed by atoms with Crippen LogP contribution in [0.5, 0.6) is 0 Å². The second-order valence-electron chi connectivity index (χ2n) is 6.65. The van der Waals surface area contributed by atoms with E-state index in [0.717, 1.165) is 31.4 Å². The fourth-order valence-corrected chi connectivity index (χ4v) is 4.77. The van der Waals surface area contributed by atoms with E-state index in [2.05, 4.69) is 22.6 Å². The Bertz CT molecular complexity index is 905. The molecule has 4 rings (SSSR count). The summed E-state index contributed by atoms with van der Waals surface area (Å²) < 4.78 is 2.17. The van der Waals surface area contributed by atoms with Gasteiger partial charge in [-0.05, 0) is 50.1 Å². The Balaban J connectivity index is 1.62. The molecule has 1 aromatic carbocycles. The SMILES string of the molecule is Cc1nn(C2CCCCC2)c2sc(C(=O)Nc3ccc(S)cc3)cc12. The average molecular weight is 372 g/mol. The lowest BCUT2D eigenvalue weighted by Gasteiger charge is -2.22. The zero-order valence-electron chi connectivity index (χ0n) is 14.2. The maximum atomic E-state index is 12.6. The number of anilines is 1. The summed E-state index contributed by atoms with van der Waals surface area (Å²) >= 11 is 5.81. The Morgan fingerprint density at radius 3 is 2.68 bits per heavy atom. The lowest BCUT2D eigenvalue weighted by molar-refractivity contribution is 0.103. The van der Waals surface area contributed by atoms with Crippen LogP contribution in [0.15, 0.2) is 35.2 Å². The molecular weight excluding hydrogens is 350 g/mol. The predicted octanol–water partition coefficient (Wildman–Crippen LogP) is 5.45. The van der Waals surface area contributed by atoms with Crippen LogP contribution in [0.2, 0.25) is 0 Å². The van der Waals surface area contributed by atoms with E-state index in [1.807, 2.05) is 37.3 Å². The van der Waals surface area contributed by atoms with Crippen LogP contribution in [0.25, 0.3) is 10.2 Å². The van der Waals surface area contributed by atoms with Crippen molar-refractivity contribution in [3.8, 4) is 0 Å². The molecule has 1 aliphatic rings. The van der Waals surface area contributed by atoms with Crippen molar-refractivity contribution in [2.45, 2.75) is 50.0 Å². The maximum absolute atomic E-state index is 12.6. The van der Waals surface area contributed by atoms with E-state index in [1.54, 1.807) is 11.3 Å². The van der Waals surface area contributed by atoms with E-state index in [9.17, 15) is 4.79 Å². The molecule has 0 radical (unpaired) electrons. The third kappa shape index (κ3) is 3.33. The third-order valence-corrected chi connectivity index (χ3v) is 6.26. The minimum Gasteiger partial charge on any atom is -0.321 e. The molecule has 6 heteroatoms. The molecule has 0 bridgehead atoms. The number of hydrogen-bond donors (Lipinski definition) is 2. The maximum Gasteiger partial charge on any atom is 0.265 e. The monoisotopic (exact) mass is 371 g/mol. The number of nitrogens with one attached hydrogen (secondary N) is 1. The zero-order chi connectivity index (χ0) is 17.4. The number of carbonyl (C=O) groups excluding carboxylic acids is 1. The van der Waals surface area contributed by atoms with Gasteiger partial charge >= 0.3 is 0 Å². The molecule has 1 aliphatic carbocycles. The summed E-state index contributed by atoms with van der Waals surface area (Å²) in [6, 6.07) is 9.92. The van der Waals surface area contributed by atoms with Gasteiger partial charge < -0.3 is 5.32 Å². The van der Waals surface area contributed by atoms with Crippen molar-refractivity contribution in [3.05, 3.63) is 40.9 Å². The molecule has 1 fully saturated rings. The first-order valence-electron chi connectivity index (χ1n) is 8.71. The summed E-state index contributed by atoms with van der Waals surface area (Å²) in [5, 5.41) is 8.82. The molecule has 4 nitrogen and oxygen atoms in total. The number of carbonyl (C=O) groups is 1. The van der Waals surface area contributed by atoms with Gasteiger partial charge in [-0.2, -0.15) is 5.10 Å². The fourth-order valence-electron chi connectivity index (χ4n) is 3.49. The number of rotatable bonds is 3. The Labute approximate surface area is 156 Å². The first kappa shape index (κ1) is 16.7. The topological polar surface area (TPSA) is 46.9 Å². The first-order valence-corrected chi connectivity index (χ1v) is 9.97. The molecular formula is C19H21N3OS2. The minimum atomic E-state index is -0.0669. The summed E-state index contributed by atoms with van der Waals surface area (Å²) in [7, 11) is 0. The van der Waals surface area contributed by atoms with Crippen molar-refractivity contribution in [1.29, 1.82) is 0 Å². The molecule has 0 saturated heterocycles. The molecule has 0 atom stereocenters. The van der Waals surface area contributed by atoms with Crippen LogP contribution in [0.3, 0.4) is 0 Å². The highest BCUT2D eigenvalue weighted by Gasteiger charge is 2.22. The van der Waals surface area contributed by atoms with Crippen LogP contribution in [-0.2, 0) is 0 Å². The lowest BCUT2D eigenvalue weighted by atomic mass is 9.96. The summed E-state index contributed by atoms with van der Waals surface area (Å²) in [5.41, 5.74) is 1.79. The second kappa shape index (κ2) is 6.84. The quantitative estimate of drug-likeness (QED) is 0.601. The number of benzene rings is 1. The Morgan fingerprint density at radius 1 is 1.24 bits per heavy atom. The molecule has 130 valence electrons. The van der Waals surface area contributed by atoms with Gasteiger partial charge in [-0.25, -0.2) is 0 Å². The number of aromatic nitrogens is 2. The van der Waals surface area contributed by atoms with Crippen LogP contribution in [0.4, 0.5) is 5.69 Å². The van der Waals surface area contributed by atoms with Gasteiger partial charge in [0.2, 0.25) is 0 Å². The Kier molecular flexibility index (Phi) is 4.56. The van der Waals surface area contributed by atoms with E-state index in [-0.39, 0.29) is 5.91 Å². The van der Waals surface area contributed by atoms with Gasteiger partial charge in [0.25, 0.3) is 5.91 Å². The van der Waals surface area contributed by atoms with Crippen LogP contribution in [0, 0.1) is 6.92 Å². The number of fused-ring (bicyclic) bond motifs is 1. The normalized spacial score (nSPS) is 15.6. The van der Waals surface area contributed by atoms with E-state index < -0.39 is 0 Å². The summed E-state index contributed by atoms with van der Waals surface area (Å²) in [5.74, 6) is -0.0669. The zero-order valence-corrected chi connectivity index (χ0v) is 15.9. The van der Waals surface area contributed by atoms with Crippen LogP contribution in [-0.4, -0.2) is 15.7 Å². The van der Waals surface area contributed by atoms with Crippen LogP contribution in [0.1, 0.15) is 53.5 Å². The molecule has 3 aromatic rings. The van der Waals surface area contributed by atoms with E-state index >= 15 is 0 Å². The fraction of sp³-hybridized carbons (Fsp3) is 0.368. The lowest BCUT2D eigenvalue weighted by Crippen LogP contribution is -2.14. The summed E-state index contributed by atoms with van der Waals surface area (Å²) in [4.78, 5) is 15.4. The molecule has 0 aliphatic heterocycles. The Hall–Kier alpha value is -1.79. The van der Waals surface area contributed by atoms with Crippen LogP contribution >= 0.6 is 24.0 Å². The standard InChI is InChI=1S/C19H21N3OS2/c1-12-16-11-17(18(23)20-13-7-9-15(24)10-8-13)25-19(16)22(21-12)14-5-3-2-4-6-14/h7-11,14,24H,2-6H2,1H3,(H,20,23). The van der Waals surface area contributed by atoms with Crippen molar-refractivity contribution in [2.75, 3.05) is 5.32 Å². The predicted molar refractivity (Wildman–Crippen MR) is 106 cm³/mol. The number of amides is 1. The van der Waals surface area contributed by atoms with Gasteiger partial charge in [-0.3, -0.25) is 9.48 Å². The molecule has 1 amide bonds. The number of hydrogen-bond acceptors (Lipinski definition) is 4. The van der Waals surface area contributed by atoms with Crippen molar-refractivity contribution in [2.24, 2.45) is 0 Å². The van der Waals surface area contributed by atoms with Crippen LogP contribution < -0.4 is 5.32 Å². The first-order chi connectivity index (χ1) is 12.1. The molecule has 1 N–H and O–H groups in total. The molecule has 0 spiro atoms. The van der Waals surface area contributed by atoms with Gasteiger partial charge in [0.15, 0.2) is 0 Å². The third-order valence-electron chi connectivity index (χ3n) is 4.84. The number of aryl methyl sites for hydroxylation is 1. The van der Waals surface area contributed by atoms with Gasteiger partial charge in [-0.1, -0.05) is 19.3 Å². The van der Waals surface area contributed by atoms with Crippen molar-refractivity contribution in [3.63, 3.8) is 0 Å². The average Bonchev–Trinajstić information content (AvgIpc) is 3.19. The van der Waals surface area contributed by atoms with Gasteiger partial charge in [0.05, 0.1) is 16.6 Å². The van der Waals surface area contributed by atoms with Crippen molar-refractivity contribution >= 4 is 45.8 Å². The highest BCUT2D eigenvalue weighted by atomic mass is 32.1. The highest BCUT2D eigenvalue weighted by molar-refractivity contribution is 7.80. The van der Waals surface area contributed by atoms with Gasteiger partial charge in [-0.15, -0.1) is 24.0 Å². The highest BCUT2D eigenvalue weighted by Crippen LogP contribution is 2.35. The minimum absolute atomic E-state index is 0.0669. The van der Waals surface area contributed by atoms with E-state index in [0.29, 0.717) is 6.04 Å². The van der Waals surface area contributed by atoms with Crippen molar-refractivity contribution < 1.29 is 4.79 Å². The molecule has 2 heterocycles.